The van der Waals surface area contributed by atoms with Crippen molar-refractivity contribution in [3.63, 3.8) is 0 Å². The molecule has 0 radical (unpaired) electrons. The van der Waals surface area contributed by atoms with Gasteiger partial charge in [0.2, 0.25) is 3.79 Å². The van der Waals surface area contributed by atoms with Crippen LogP contribution in [0.25, 0.3) is 22.4 Å². The van der Waals surface area contributed by atoms with E-state index in [9.17, 15) is 14.7 Å². The number of aliphatic hydroxyl groups is 1. The zero-order valence-electron chi connectivity index (χ0n) is 19.8. The highest BCUT2D eigenvalue weighted by atomic mass is 35.6. The van der Waals surface area contributed by atoms with Crippen molar-refractivity contribution in [2.24, 2.45) is 0 Å². The van der Waals surface area contributed by atoms with Gasteiger partial charge in [-0.3, -0.25) is 10.1 Å². The molecule has 5 N–H and O–H groups in total. The van der Waals surface area contributed by atoms with Crippen LogP contribution in [0.1, 0.15) is 25.5 Å². The van der Waals surface area contributed by atoms with Crippen LogP contribution in [0.15, 0.2) is 65.6 Å². The van der Waals surface area contributed by atoms with E-state index in [0.717, 1.165) is 5.56 Å². The number of pyridine rings is 1. The summed E-state index contributed by atoms with van der Waals surface area (Å²) < 4.78 is 3.46. The summed E-state index contributed by atoms with van der Waals surface area (Å²) in [5.74, 6) is 0.262. The predicted octanol–water partition coefficient (Wildman–Crippen LogP) is 5.76. The van der Waals surface area contributed by atoms with E-state index in [1.807, 2.05) is 30.3 Å². The van der Waals surface area contributed by atoms with Crippen molar-refractivity contribution in [3.05, 3.63) is 76.7 Å². The molecule has 0 aliphatic rings. The summed E-state index contributed by atoms with van der Waals surface area (Å²) in [6.45, 7) is 3.11. The van der Waals surface area contributed by atoms with Gasteiger partial charge in [0, 0.05) is 12.7 Å². The molecular weight excluding hydrogens is 541 g/mol. The Bertz CT molecular complexity index is 1460. The normalized spacial score (nSPS) is 12.8. The van der Waals surface area contributed by atoms with Crippen LogP contribution in [0.5, 0.6) is 0 Å². The van der Waals surface area contributed by atoms with Gasteiger partial charge < -0.3 is 25.1 Å². The van der Waals surface area contributed by atoms with Crippen molar-refractivity contribution in [3.8, 4) is 11.4 Å². The number of rotatable bonds is 7. The maximum absolute atomic E-state index is 12.8. The Hall–Kier alpha value is -3.24. The van der Waals surface area contributed by atoms with Crippen LogP contribution in [-0.2, 0) is 4.74 Å². The number of imidazole rings is 1. The Labute approximate surface area is 227 Å². The maximum Gasteiger partial charge on any atom is 0.412 e. The third-order valence-corrected chi connectivity index (χ3v) is 7.02. The summed E-state index contributed by atoms with van der Waals surface area (Å²) in [4.78, 5) is 35.6. The monoisotopic (exact) mass is 563 g/mol. The SMILES string of the molecule is CC(C)(OC(=O)Nc1cccc2nc(-c3c(NCC(O)c4ccccc4)cc[nH]c3=O)[nH]c12)C(Cl)(Cl)Cl. The standard InChI is InChI=1S/C25H24Cl3N5O4/c1-24(2,25(26,27)28)37-23(36)32-17-10-6-9-16-20(17)33-21(31-16)19-15(11-12-29-22(19)35)30-13-18(34)14-7-4-3-5-8-14/h3-12,18,34H,13H2,1-2H3,(H,31,33)(H,32,36)(H2,29,30,35). The molecule has 0 saturated heterocycles. The number of amides is 1. The van der Waals surface area contributed by atoms with E-state index in [-0.39, 0.29) is 17.9 Å². The van der Waals surface area contributed by atoms with Crippen molar-refractivity contribution in [2.75, 3.05) is 17.2 Å². The number of nitrogens with one attached hydrogen (secondary N) is 4. The first-order chi connectivity index (χ1) is 17.5. The molecule has 37 heavy (non-hydrogen) atoms. The zero-order valence-corrected chi connectivity index (χ0v) is 22.1. The molecule has 0 fully saturated rings. The number of hydrogen-bond acceptors (Lipinski definition) is 6. The Morgan fingerprint density at radius 3 is 2.51 bits per heavy atom. The lowest BCUT2D eigenvalue weighted by molar-refractivity contribution is 0.0519. The number of ether oxygens (including phenoxy) is 1. The molecule has 1 unspecified atom stereocenters. The molecular formula is C25H24Cl3N5O4. The molecule has 1 amide bonds. The van der Waals surface area contributed by atoms with Gasteiger partial charge in [-0.25, -0.2) is 9.78 Å². The smallest absolute Gasteiger partial charge is 0.412 e. The van der Waals surface area contributed by atoms with Crippen molar-refractivity contribution >= 4 is 63.3 Å². The fraction of sp³-hybridized carbons (Fsp3) is 0.240. The summed E-state index contributed by atoms with van der Waals surface area (Å²) in [6.07, 6.45) is -0.126. The first kappa shape index (κ1) is 26.8. The van der Waals surface area contributed by atoms with Crippen LogP contribution >= 0.6 is 34.8 Å². The minimum Gasteiger partial charge on any atom is -0.439 e. The second kappa shape index (κ2) is 10.6. The summed E-state index contributed by atoms with van der Waals surface area (Å²) in [6, 6.07) is 15.9. The first-order valence-corrected chi connectivity index (χ1v) is 12.3. The number of hydrogen-bond donors (Lipinski definition) is 5. The number of alkyl halides is 3. The molecule has 0 aliphatic carbocycles. The molecule has 194 valence electrons. The topological polar surface area (TPSA) is 132 Å². The van der Waals surface area contributed by atoms with Crippen molar-refractivity contribution in [2.45, 2.75) is 29.3 Å². The van der Waals surface area contributed by atoms with Crippen molar-refractivity contribution in [1.29, 1.82) is 0 Å². The zero-order chi connectivity index (χ0) is 26.8. The summed E-state index contributed by atoms with van der Waals surface area (Å²) in [5, 5.41) is 16.3. The number of nitrogens with zero attached hydrogens (tertiary/aromatic N) is 1. The lowest BCUT2D eigenvalue weighted by atomic mass is 10.1. The summed E-state index contributed by atoms with van der Waals surface area (Å²) >= 11 is 17.7. The van der Waals surface area contributed by atoms with E-state index in [1.165, 1.54) is 20.0 Å². The van der Waals surface area contributed by atoms with E-state index >= 15 is 0 Å². The predicted molar refractivity (Wildman–Crippen MR) is 147 cm³/mol. The van der Waals surface area contributed by atoms with E-state index < -0.39 is 27.2 Å². The van der Waals surface area contributed by atoms with E-state index in [2.05, 4.69) is 25.6 Å². The first-order valence-electron chi connectivity index (χ1n) is 11.2. The minimum atomic E-state index is -1.84. The van der Waals surface area contributed by atoms with E-state index in [4.69, 9.17) is 39.5 Å². The second-order valence-electron chi connectivity index (χ2n) is 8.71. The lowest BCUT2D eigenvalue weighted by Gasteiger charge is -2.31. The van der Waals surface area contributed by atoms with Gasteiger partial charge in [-0.2, -0.15) is 0 Å². The minimum absolute atomic E-state index is 0.165. The van der Waals surface area contributed by atoms with Crippen LogP contribution in [-0.4, -0.2) is 42.1 Å². The Morgan fingerprint density at radius 2 is 1.81 bits per heavy atom. The number of anilines is 2. The number of aromatic amines is 2. The molecule has 0 aliphatic heterocycles. The Balaban J connectivity index is 1.61. The molecule has 0 spiro atoms. The highest BCUT2D eigenvalue weighted by molar-refractivity contribution is 6.68. The fourth-order valence-corrected chi connectivity index (χ4v) is 3.66. The molecule has 12 heteroatoms. The van der Waals surface area contributed by atoms with Gasteiger partial charge in [-0.15, -0.1) is 0 Å². The fourth-order valence-electron chi connectivity index (χ4n) is 3.54. The molecule has 0 bridgehead atoms. The van der Waals surface area contributed by atoms with Crippen LogP contribution < -0.4 is 16.2 Å². The van der Waals surface area contributed by atoms with Gasteiger partial charge in [0.15, 0.2) is 5.60 Å². The number of aliphatic hydroxyl groups excluding tert-OH is 1. The van der Waals surface area contributed by atoms with E-state index in [0.29, 0.717) is 22.4 Å². The van der Waals surface area contributed by atoms with Gasteiger partial charge >= 0.3 is 6.09 Å². The number of aromatic nitrogens is 3. The third-order valence-electron chi connectivity index (χ3n) is 5.65. The molecule has 4 rings (SSSR count). The lowest BCUT2D eigenvalue weighted by Crippen LogP contribution is -2.42. The Morgan fingerprint density at radius 1 is 1.08 bits per heavy atom. The third kappa shape index (κ3) is 6.02. The van der Waals surface area contributed by atoms with Crippen LogP contribution in [0.4, 0.5) is 16.2 Å². The number of carbonyl (C=O) groups excluding carboxylic acids is 1. The molecule has 0 saturated carbocycles. The highest BCUT2D eigenvalue weighted by Gasteiger charge is 2.44. The van der Waals surface area contributed by atoms with Crippen LogP contribution in [0, 0.1) is 0 Å². The summed E-state index contributed by atoms with van der Waals surface area (Å²) in [7, 11) is 0. The number of para-hydroxylation sites is 1. The molecule has 2 aromatic heterocycles. The number of fused-ring (bicyclic) bond motifs is 1. The van der Waals surface area contributed by atoms with Crippen molar-refractivity contribution < 1.29 is 14.6 Å². The maximum atomic E-state index is 12.8. The number of benzene rings is 2. The van der Waals surface area contributed by atoms with Crippen molar-refractivity contribution in [1.82, 2.24) is 15.0 Å². The van der Waals surface area contributed by atoms with Gasteiger partial charge in [0.25, 0.3) is 5.56 Å². The van der Waals surface area contributed by atoms with Gasteiger partial charge in [-0.05, 0) is 37.6 Å². The number of halogens is 3. The molecule has 4 aromatic rings. The molecule has 2 heterocycles. The summed E-state index contributed by atoms with van der Waals surface area (Å²) in [5.41, 5.74) is 0.953. The quantitative estimate of drug-likeness (QED) is 0.181. The average molecular weight is 565 g/mol. The van der Waals surface area contributed by atoms with Crippen LogP contribution in [0.2, 0.25) is 0 Å². The molecule has 9 nitrogen and oxygen atoms in total. The number of H-pyrrole nitrogens is 2. The Kier molecular flexibility index (Phi) is 7.70. The highest BCUT2D eigenvalue weighted by Crippen LogP contribution is 2.40. The second-order valence-corrected chi connectivity index (χ2v) is 11.0. The van der Waals surface area contributed by atoms with Gasteiger partial charge in [0.1, 0.15) is 11.4 Å². The van der Waals surface area contributed by atoms with Gasteiger partial charge in [-0.1, -0.05) is 71.2 Å². The van der Waals surface area contributed by atoms with E-state index in [1.54, 1.807) is 24.3 Å². The molecule has 2 aromatic carbocycles. The largest absolute Gasteiger partial charge is 0.439 e. The van der Waals surface area contributed by atoms with Crippen LogP contribution in [0.3, 0.4) is 0 Å². The number of carbonyl (C=O) groups is 1. The van der Waals surface area contributed by atoms with Gasteiger partial charge in [0.05, 0.1) is 28.5 Å². The molecule has 1 atom stereocenters. The average Bonchev–Trinajstić information content (AvgIpc) is 3.27.